The van der Waals surface area contributed by atoms with Crippen LogP contribution in [0.2, 0.25) is 0 Å². The fraction of sp³-hybridized carbons (Fsp3) is 0.467. The zero-order valence-corrected chi connectivity index (χ0v) is 26.1. The molecule has 1 fully saturated rings. The lowest BCUT2D eigenvalue weighted by Crippen LogP contribution is -2.53. The number of likely N-dealkylation sites (N-methyl/N-ethyl adjacent to an activating group) is 1. The first-order valence-electron chi connectivity index (χ1n) is 14.6. The minimum absolute atomic E-state index is 0.0949. The van der Waals surface area contributed by atoms with Gasteiger partial charge in [0.05, 0.1) is 25.3 Å². The van der Waals surface area contributed by atoms with Gasteiger partial charge in [-0.3, -0.25) is 24.1 Å². The van der Waals surface area contributed by atoms with Crippen molar-refractivity contribution >= 4 is 36.1 Å². The fourth-order valence-corrected chi connectivity index (χ4v) is 5.60. The first-order valence-corrected chi connectivity index (χ1v) is 15.5. The maximum absolute atomic E-state index is 13.6. The molecule has 2 aliphatic rings. The van der Waals surface area contributed by atoms with Crippen LogP contribution in [-0.4, -0.2) is 130 Å². The van der Waals surface area contributed by atoms with E-state index in [1.165, 1.54) is 11.3 Å². The van der Waals surface area contributed by atoms with Crippen LogP contribution in [-0.2, 0) is 25.7 Å². The molecule has 5 rings (SSSR count). The van der Waals surface area contributed by atoms with Gasteiger partial charge in [-0.25, -0.2) is 9.97 Å². The standard InChI is InChI=1S/C28H36N6O4S.2CH2O2/c1-31-14-16-37-19-25(31)28(36)33-9-2-3-10-34(27(35)24-20-39-21-30-24)15-17-38-23-7-4-6-22(18-23)26-29-8-13-32(26)11-5-12-33;2*2-1-3/h4,6-8,13,18,20-21,25H,2-3,5,9-12,14-17,19H2,1H3;2*1H,(H,2,3)/t25-;;/m0../s1. The lowest BCUT2D eigenvalue weighted by molar-refractivity contribution is -0.142. The molecule has 4 heterocycles. The molecule has 2 aromatic heterocycles. The molecule has 1 saturated heterocycles. The van der Waals surface area contributed by atoms with Crippen molar-refractivity contribution in [3.63, 3.8) is 0 Å². The van der Waals surface area contributed by atoms with Crippen LogP contribution in [0.25, 0.3) is 11.4 Å². The number of benzene rings is 1. The highest BCUT2D eigenvalue weighted by Gasteiger charge is 2.30. The molecule has 3 aromatic rings. The van der Waals surface area contributed by atoms with E-state index in [2.05, 4.69) is 19.4 Å². The number of carbonyl (C=O) groups is 4. The lowest BCUT2D eigenvalue weighted by atomic mass is 10.1. The maximum atomic E-state index is 13.6. The number of nitrogens with zero attached hydrogens (tertiary/aromatic N) is 6. The fourth-order valence-electron chi connectivity index (χ4n) is 5.07. The summed E-state index contributed by atoms with van der Waals surface area (Å²) >= 11 is 1.41. The van der Waals surface area contributed by atoms with Gasteiger partial charge >= 0.3 is 0 Å². The Kier molecular flexibility index (Phi) is 14.9. The van der Waals surface area contributed by atoms with Crippen molar-refractivity contribution < 1.29 is 38.9 Å². The van der Waals surface area contributed by atoms with Gasteiger partial charge in [-0.15, -0.1) is 11.3 Å². The van der Waals surface area contributed by atoms with Crippen molar-refractivity contribution in [1.29, 1.82) is 0 Å². The van der Waals surface area contributed by atoms with Crippen LogP contribution in [0.15, 0.2) is 47.5 Å². The van der Waals surface area contributed by atoms with Crippen LogP contribution in [0, 0.1) is 0 Å². The molecular weight excluding hydrogens is 604 g/mol. The second-order valence-corrected chi connectivity index (χ2v) is 10.9. The Balaban J connectivity index is 0.000000853. The zero-order chi connectivity index (χ0) is 32.4. The number of hydrogen-bond donors (Lipinski definition) is 2. The van der Waals surface area contributed by atoms with Crippen LogP contribution in [0.1, 0.15) is 29.8 Å². The summed E-state index contributed by atoms with van der Waals surface area (Å²) in [6.45, 7) is 4.73. The Morgan fingerprint density at radius 3 is 2.40 bits per heavy atom. The molecular formula is C30H40N6O8S. The number of imidazole rings is 1. The van der Waals surface area contributed by atoms with Crippen molar-refractivity contribution in [2.75, 3.05) is 59.6 Å². The van der Waals surface area contributed by atoms with Gasteiger partial charge in [0.25, 0.3) is 18.9 Å². The molecule has 2 amide bonds. The normalized spacial score (nSPS) is 17.9. The smallest absolute Gasteiger partial charge is 0.290 e. The summed E-state index contributed by atoms with van der Waals surface area (Å²) in [6, 6.07) is 7.62. The summed E-state index contributed by atoms with van der Waals surface area (Å²) in [4.78, 5) is 58.2. The van der Waals surface area contributed by atoms with Crippen molar-refractivity contribution in [1.82, 2.24) is 29.2 Å². The van der Waals surface area contributed by atoms with Gasteiger partial charge in [0.2, 0.25) is 5.91 Å². The third-order valence-electron chi connectivity index (χ3n) is 7.30. The number of rotatable bonds is 2. The van der Waals surface area contributed by atoms with Crippen LogP contribution < -0.4 is 4.74 Å². The number of carboxylic acid groups (broad SMARTS) is 2. The number of fused-ring (bicyclic) bond motifs is 4. The molecule has 15 heteroatoms. The minimum atomic E-state index is -0.265. The number of ether oxygens (including phenoxy) is 2. The van der Waals surface area contributed by atoms with Crippen molar-refractivity contribution in [3.05, 3.63) is 53.2 Å². The molecule has 2 aliphatic heterocycles. The minimum Gasteiger partial charge on any atom is -0.492 e. The average molecular weight is 645 g/mol. The summed E-state index contributed by atoms with van der Waals surface area (Å²) in [5.74, 6) is 1.62. The van der Waals surface area contributed by atoms with Gasteiger partial charge in [0, 0.05) is 56.1 Å². The molecule has 1 atom stereocenters. The number of aryl methyl sites for hydroxylation is 1. The van der Waals surface area contributed by atoms with E-state index in [0.29, 0.717) is 51.7 Å². The molecule has 45 heavy (non-hydrogen) atoms. The maximum Gasteiger partial charge on any atom is 0.290 e. The molecule has 0 saturated carbocycles. The second-order valence-electron chi connectivity index (χ2n) is 10.2. The van der Waals surface area contributed by atoms with E-state index < -0.39 is 0 Å². The quantitative estimate of drug-likeness (QED) is 0.393. The van der Waals surface area contributed by atoms with E-state index in [1.807, 2.05) is 42.4 Å². The molecule has 1 aromatic carbocycles. The van der Waals surface area contributed by atoms with E-state index in [-0.39, 0.29) is 30.8 Å². The molecule has 0 aliphatic carbocycles. The van der Waals surface area contributed by atoms with Crippen LogP contribution in [0.5, 0.6) is 5.75 Å². The Hall–Kier alpha value is -4.34. The highest BCUT2D eigenvalue weighted by atomic mass is 32.1. The predicted molar refractivity (Wildman–Crippen MR) is 166 cm³/mol. The monoisotopic (exact) mass is 644 g/mol. The highest BCUT2D eigenvalue weighted by molar-refractivity contribution is 7.07. The van der Waals surface area contributed by atoms with E-state index in [1.54, 1.807) is 22.0 Å². The van der Waals surface area contributed by atoms with E-state index in [4.69, 9.17) is 29.3 Å². The Labute approximate surface area is 265 Å². The highest BCUT2D eigenvalue weighted by Crippen LogP contribution is 2.23. The van der Waals surface area contributed by atoms with Crippen molar-refractivity contribution in [3.8, 4) is 17.1 Å². The molecule has 0 spiro atoms. The molecule has 2 N–H and O–H groups in total. The van der Waals surface area contributed by atoms with Gasteiger partial charge in [-0.05, 0) is 38.4 Å². The van der Waals surface area contributed by atoms with Crippen LogP contribution in [0.4, 0.5) is 0 Å². The lowest BCUT2D eigenvalue weighted by Gasteiger charge is -2.35. The molecule has 244 valence electrons. The van der Waals surface area contributed by atoms with Crippen molar-refractivity contribution in [2.45, 2.75) is 31.8 Å². The first-order chi connectivity index (χ1) is 21.9. The number of carbonyl (C=O) groups excluding carboxylic acids is 2. The second kappa shape index (κ2) is 19.1. The Morgan fingerprint density at radius 2 is 1.69 bits per heavy atom. The summed E-state index contributed by atoms with van der Waals surface area (Å²) in [5, 5.41) is 15.6. The SMILES string of the molecule is CN1CCOC[C@H]1C(=O)N1CCCCN(C(=O)c2cscn2)CCOc2cccc(c2)-c2nccn2CCC1.O=CO.O=CO. The zero-order valence-electron chi connectivity index (χ0n) is 25.3. The number of amides is 2. The van der Waals surface area contributed by atoms with Crippen LogP contribution in [0.3, 0.4) is 0 Å². The van der Waals surface area contributed by atoms with E-state index >= 15 is 0 Å². The summed E-state index contributed by atoms with van der Waals surface area (Å²) in [5.41, 5.74) is 3.09. The van der Waals surface area contributed by atoms with Gasteiger partial charge in [-0.1, -0.05) is 12.1 Å². The molecule has 14 nitrogen and oxygen atoms in total. The number of morpholine rings is 1. The number of aromatic nitrogens is 3. The van der Waals surface area contributed by atoms with E-state index in [0.717, 1.165) is 49.5 Å². The van der Waals surface area contributed by atoms with Gasteiger partial charge in [0.15, 0.2) is 0 Å². The van der Waals surface area contributed by atoms with Crippen molar-refractivity contribution in [2.24, 2.45) is 0 Å². The largest absolute Gasteiger partial charge is 0.492 e. The summed E-state index contributed by atoms with van der Waals surface area (Å²) in [6.07, 6.45) is 6.16. The molecule has 0 unspecified atom stereocenters. The first kappa shape index (κ1) is 35.1. The number of hydrogen-bond acceptors (Lipinski definition) is 10. The van der Waals surface area contributed by atoms with E-state index in [9.17, 15) is 9.59 Å². The predicted octanol–water partition coefficient (Wildman–Crippen LogP) is 2.27. The Bertz CT molecular complexity index is 1330. The average Bonchev–Trinajstić information content (AvgIpc) is 3.75. The topological polar surface area (TPSA) is 168 Å². The molecule has 2 bridgehead atoms. The summed E-state index contributed by atoms with van der Waals surface area (Å²) in [7, 11) is 1.99. The third-order valence-corrected chi connectivity index (χ3v) is 7.89. The number of thiazole rings is 1. The van der Waals surface area contributed by atoms with Crippen LogP contribution >= 0.6 is 11.3 Å². The van der Waals surface area contributed by atoms with Gasteiger partial charge in [0.1, 0.15) is 29.9 Å². The Morgan fingerprint density at radius 1 is 0.956 bits per heavy atom. The molecule has 0 radical (unpaired) electrons. The third kappa shape index (κ3) is 10.7. The van der Waals surface area contributed by atoms with Gasteiger partial charge in [-0.2, -0.15) is 0 Å². The summed E-state index contributed by atoms with van der Waals surface area (Å²) < 4.78 is 13.8. The van der Waals surface area contributed by atoms with Gasteiger partial charge < -0.3 is 34.1 Å².